The van der Waals surface area contributed by atoms with Gasteiger partial charge < -0.3 is 21.1 Å². The zero-order valence-corrected chi connectivity index (χ0v) is 12.2. The SMILES string of the molecule is NC(=O)COC(=O)NCCCCCC(=O)Nc1ccccn1. The van der Waals surface area contributed by atoms with E-state index < -0.39 is 18.6 Å². The lowest BCUT2D eigenvalue weighted by Crippen LogP contribution is -2.29. The first kappa shape index (κ1) is 17.4. The highest BCUT2D eigenvalue weighted by Crippen LogP contribution is 2.04. The fraction of sp³-hybridized carbons (Fsp3) is 0.429. The second kappa shape index (κ2) is 10.1. The van der Waals surface area contributed by atoms with Crippen molar-refractivity contribution < 1.29 is 19.1 Å². The van der Waals surface area contributed by atoms with Crippen LogP contribution in [0.5, 0.6) is 0 Å². The van der Waals surface area contributed by atoms with Crippen molar-refractivity contribution in [3.8, 4) is 0 Å². The van der Waals surface area contributed by atoms with Crippen LogP contribution in [0.1, 0.15) is 25.7 Å². The summed E-state index contributed by atoms with van der Waals surface area (Å²) in [4.78, 5) is 37.1. The number of nitrogens with one attached hydrogen (secondary N) is 2. The lowest BCUT2D eigenvalue weighted by molar-refractivity contribution is -0.120. The number of hydrogen-bond acceptors (Lipinski definition) is 5. The van der Waals surface area contributed by atoms with Crippen LogP contribution in [0.3, 0.4) is 0 Å². The molecular weight excluding hydrogens is 288 g/mol. The first-order valence-corrected chi connectivity index (χ1v) is 6.97. The van der Waals surface area contributed by atoms with E-state index in [2.05, 4.69) is 20.4 Å². The number of unbranched alkanes of at least 4 members (excludes halogenated alkanes) is 2. The summed E-state index contributed by atoms with van der Waals surface area (Å²) in [6.45, 7) is -0.0149. The molecule has 4 N–H and O–H groups in total. The molecule has 0 atom stereocenters. The number of ether oxygens (including phenoxy) is 1. The third-order valence-electron chi connectivity index (χ3n) is 2.63. The summed E-state index contributed by atoms with van der Waals surface area (Å²) in [7, 11) is 0. The number of carbonyl (C=O) groups is 3. The van der Waals surface area contributed by atoms with Crippen LogP contribution < -0.4 is 16.4 Å². The van der Waals surface area contributed by atoms with E-state index in [4.69, 9.17) is 5.73 Å². The van der Waals surface area contributed by atoms with E-state index in [1.807, 2.05) is 0 Å². The fourth-order valence-corrected chi connectivity index (χ4v) is 1.61. The molecule has 22 heavy (non-hydrogen) atoms. The first-order valence-electron chi connectivity index (χ1n) is 6.97. The van der Waals surface area contributed by atoms with Crippen LogP contribution in [-0.4, -0.2) is 36.0 Å². The molecule has 120 valence electrons. The molecule has 0 spiro atoms. The van der Waals surface area contributed by atoms with E-state index in [1.165, 1.54) is 0 Å². The third kappa shape index (κ3) is 8.51. The molecule has 0 saturated heterocycles. The Morgan fingerprint density at radius 2 is 2.00 bits per heavy atom. The van der Waals surface area contributed by atoms with Crippen molar-refractivity contribution in [3.05, 3.63) is 24.4 Å². The number of primary amides is 1. The quantitative estimate of drug-likeness (QED) is 0.582. The van der Waals surface area contributed by atoms with Crippen LogP contribution >= 0.6 is 0 Å². The number of aromatic nitrogens is 1. The summed E-state index contributed by atoms with van der Waals surface area (Å²) < 4.78 is 4.52. The minimum absolute atomic E-state index is 0.0903. The smallest absolute Gasteiger partial charge is 0.407 e. The van der Waals surface area contributed by atoms with Gasteiger partial charge in [-0.25, -0.2) is 9.78 Å². The van der Waals surface area contributed by atoms with E-state index in [0.29, 0.717) is 31.6 Å². The van der Waals surface area contributed by atoms with Crippen LogP contribution in [0.2, 0.25) is 0 Å². The van der Waals surface area contributed by atoms with E-state index in [1.54, 1.807) is 24.4 Å². The number of rotatable bonds is 9. The van der Waals surface area contributed by atoms with E-state index in [-0.39, 0.29) is 5.91 Å². The molecule has 1 aromatic heterocycles. The monoisotopic (exact) mass is 308 g/mol. The van der Waals surface area contributed by atoms with Crippen molar-refractivity contribution >= 4 is 23.7 Å². The lowest BCUT2D eigenvalue weighted by Gasteiger charge is -2.06. The van der Waals surface area contributed by atoms with E-state index >= 15 is 0 Å². The minimum Gasteiger partial charge on any atom is -0.439 e. The Balaban J connectivity index is 2.00. The molecular formula is C14H20N4O4. The van der Waals surface area contributed by atoms with Crippen LogP contribution in [0.4, 0.5) is 10.6 Å². The van der Waals surface area contributed by atoms with Gasteiger partial charge in [0.1, 0.15) is 5.82 Å². The Labute approximate surface area is 128 Å². The van der Waals surface area contributed by atoms with Gasteiger partial charge in [0.05, 0.1) is 0 Å². The van der Waals surface area contributed by atoms with Gasteiger partial charge in [0, 0.05) is 19.2 Å². The van der Waals surface area contributed by atoms with Gasteiger partial charge in [0.15, 0.2) is 6.61 Å². The molecule has 0 unspecified atom stereocenters. The van der Waals surface area contributed by atoms with Gasteiger partial charge in [-0.2, -0.15) is 0 Å². The van der Waals surface area contributed by atoms with Gasteiger partial charge in [-0.15, -0.1) is 0 Å². The van der Waals surface area contributed by atoms with Crippen molar-refractivity contribution in [2.24, 2.45) is 5.73 Å². The average molecular weight is 308 g/mol. The van der Waals surface area contributed by atoms with Crippen LogP contribution in [0.25, 0.3) is 0 Å². The summed E-state index contributed by atoms with van der Waals surface area (Å²) in [5, 5.41) is 5.18. The van der Waals surface area contributed by atoms with Gasteiger partial charge in [-0.05, 0) is 25.0 Å². The molecule has 0 aliphatic carbocycles. The normalized spacial score (nSPS) is 9.82. The number of pyridine rings is 1. The number of carbonyl (C=O) groups excluding carboxylic acids is 3. The molecule has 0 bridgehead atoms. The van der Waals surface area contributed by atoms with Crippen molar-refractivity contribution in [1.29, 1.82) is 0 Å². The average Bonchev–Trinajstić information content (AvgIpc) is 2.49. The van der Waals surface area contributed by atoms with Gasteiger partial charge in [0.2, 0.25) is 5.91 Å². The highest BCUT2D eigenvalue weighted by Gasteiger charge is 2.04. The summed E-state index contributed by atoms with van der Waals surface area (Å²) >= 11 is 0. The topological polar surface area (TPSA) is 123 Å². The largest absolute Gasteiger partial charge is 0.439 e. The molecule has 1 rings (SSSR count). The first-order chi connectivity index (χ1) is 10.6. The van der Waals surface area contributed by atoms with Crippen molar-refractivity contribution in [1.82, 2.24) is 10.3 Å². The summed E-state index contributed by atoms with van der Waals surface area (Å²) in [5.74, 6) is -0.257. The Bertz CT molecular complexity index is 493. The number of nitrogens with two attached hydrogens (primary N) is 1. The van der Waals surface area contributed by atoms with Gasteiger partial charge >= 0.3 is 6.09 Å². The second-order valence-corrected chi connectivity index (χ2v) is 4.54. The zero-order valence-electron chi connectivity index (χ0n) is 12.2. The maximum Gasteiger partial charge on any atom is 0.407 e. The molecule has 0 aliphatic heterocycles. The molecule has 0 aromatic carbocycles. The van der Waals surface area contributed by atoms with Gasteiger partial charge in [-0.3, -0.25) is 9.59 Å². The lowest BCUT2D eigenvalue weighted by atomic mass is 10.2. The number of nitrogens with zero attached hydrogens (tertiary/aromatic N) is 1. The molecule has 1 heterocycles. The Kier molecular flexibility index (Phi) is 8.02. The van der Waals surface area contributed by atoms with Crippen molar-refractivity contribution in [2.75, 3.05) is 18.5 Å². The number of anilines is 1. The van der Waals surface area contributed by atoms with E-state index in [0.717, 1.165) is 6.42 Å². The number of hydrogen-bond donors (Lipinski definition) is 3. The number of amides is 3. The molecule has 0 aliphatic rings. The van der Waals surface area contributed by atoms with E-state index in [9.17, 15) is 14.4 Å². The third-order valence-corrected chi connectivity index (χ3v) is 2.63. The van der Waals surface area contributed by atoms with Crippen molar-refractivity contribution in [2.45, 2.75) is 25.7 Å². The molecule has 0 saturated carbocycles. The Morgan fingerprint density at radius 3 is 2.68 bits per heavy atom. The van der Waals surface area contributed by atoms with Gasteiger partial charge in [-0.1, -0.05) is 12.5 Å². The van der Waals surface area contributed by atoms with Gasteiger partial charge in [0.25, 0.3) is 5.91 Å². The number of alkyl carbamates (subject to hydrolysis) is 1. The fourth-order valence-electron chi connectivity index (χ4n) is 1.61. The second-order valence-electron chi connectivity index (χ2n) is 4.54. The minimum atomic E-state index is -0.700. The maximum absolute atomic E-state index is 11.6. The highest BCUT2D eigenvalue weighted by atomic mass is 16.6. The van der Waals surface area contributed by atoms with Crippen molar-refractivity contribution in [3.63, 3.8) is 0 Å². The maximum atomic E-state index is 11.6. The summed E-state index contributed by atoms with van der Waals surface area (Å²) in [6, 6.07) is 5.29. The zero-order chi connectivity index (χ0) is 16.2. The molecule has 8 nitrogen and oxygen atoms in total. The molecule has 0 radical (unpaired) electrons. The van der Waals surface area contributed by atoms with Crippen LogP contribution in [0.15, 0.2) is 24.4 Å². The molecule has 0 fully saturated rings. The summed E-state index contributed by atoms with van der Waals surface area (Å²) in [5.41, 5.74) is 4.83. The highest BCUT2D eigenvalue weighted by molar-refractivity contribution is 5.89. The summed E-state index contributed by atoms with van der Waals surface area (Å²) in [6.07, 6.45) is 3.53. The predicted molar refractivity (Wildman–Crippen MR) is 79.9 cm³/mol. The molecule has 1 aromatic rings. The molecule has 8 heteroatoms. The van der Waals surface area contributed by atoms with Crippen LogP contribution in [0, 0.1) is 0 Å². The molecule has 3 amide bonds. The Hall–Kier alpha value is -2.64. The predicted octanol–water partition coefficient (Wildman–Crippen LogP) is 0.792. The Morgan fingerprint density at radius 1 is 1.18 bits per heavy atom. The standard InChI is InChI=1S/C14H20N4O4/c15-11(19)10-22-14(21)17-9-4-1-2-7-13(20)18-12-6-3-5-8-16-12/h3,5-6,8H,1-2,4,7,9-10H2,(H2,15,19)(H,17,21)(H,16,18,20). The van der Waals surface area contributed by atoms with Crippen LogP contribution in [-0.2, 0) is 14.3 Å².